The fraction of sp³-hybridized carbons (Fsp3) is 0.130. The molecule has 4 aromatic rings. The molecule has 8 heteroatoms. The predicted octanol–water partition coefficient (Wildman–Crippen LogP) is 4.14. The molecule has 2 aromatic heterocycles. The zero-order valence-electron chi connectivity index (χ0n) is 16.9. The minimum Gasteiger partial charge on any atom is -0.455 e. The van der Waals surface area contributed by atoms with Crippen molar-refractivity contribution in [3.8, 4) is 11.3 Å². The van der Waals surface area contributed by atoms with Gasteiger partial charge >= 0.3 is 0 Å². The molecule has 0 aliphatic rings. The van der Waals surface area contributed by atoms with Crippen LogP contribution in [0.2, 0.25) is 0 Å². The second-order valence-electron chi connectivity index (χ2n) is 7.12. The first-order chi connectivity index (χ1) is 15.0. The van der Waals surface area contributed by atoms with Crippen LogP contribution in [-0.2, 0) is 0 Å². The monoisotopic (exact) mass is 418 g/mol. The van der Waals surface area contributed by atoms with E-state index in [4.69, 9.17) is 4.42 Å². The van der Waals surface area contributed by atoms with E-state index in [0.29, 0.717) is 27.9 Å². The summed E-state index contributed by atoms with van der Waals surface area (Å²) >= 11 is 0. The van der Waals surface area contributed by atoms with Gasteiger partial charge in [-0.25, -0.2) is 14.5 Å². The Kier molecular flexibility index (Phi) is 5.44. The first kappa shape index (κ1) is 20.2. The van der Waals surface area contributed by atoms with Gasteiger partial charge in [0.2, 0.25) is 0 Å². The van der Waals surface area contributed by atoms with Crippen molar-refractivity contribution in [2.45, 2.75) is 19.9 Å². The second kappa shape index (κ2) is 8.35. The van der Waals surface area contributed by atoms with Gasteiger partial charge in [0, 0.05) is 5.39 Å². The molecule has 2 heterocycles. The summed E-state index contributed by atoms with van der Waals surface area (Å²) in [5.74, 6) is -0.277. The summed E-state index contributed by atoms with van der Waals surface area (Å²) in [5, 5.41) is 8.99. The molecule has 0 radical (unpaired) electrons. The molecule has 156 valence electrons. The maximum Gasteiger partial charge on any atom is 0.292 e. The molecule has 1 amide bonds. The van der Waals surface area contributed by atoms with Crippen LogP contribution >= 0.6 is 0 Å². The Morgan fingerprint density at radius 3 is 2.55 bits per heavy atom. The van der Waals surface area contributed by atoms with Crippen LogP contribution in [0.3, 0.4) is 0 Å². The molecular formula is C23H19FN4O3. The molecule has 4 rings (SSSR count). The third-order valence-electron chi connectivity index (χ3n) is 4.66. The summed E-state index contributed by atoms with van der Waals surface area (Å²) in [6, 6.07) is 16.1. The Bertz CT molecular complexity index is 1350. The first-order valence-electron chi connectivity index (χ1n) is 9.65. The Morgan fingerprint density at radius 1 is 1.10 bits per heavy atom. The van der Waals surface area contributed by atoms with Crippen LogP contribution in [-0.4, -0.2) is 21.9 Å². The van der Waals surface area contributed by atoms with Crippen molar-refractivity contribution in [3.63, 3.8) is 0 Å². The number of aromatic nitrogens is 2. The van der Waals surface area contributed by atoms with Gasteiger partial charge in [-0.05, 0) is 44.2 Å². The summed E-state index contributed by atoms with van der Waals surface area (Å²) in [4.78, 5) is 25.3. The van der Waals surface area contributed by atoms with Crippen LogP contribution in [0.15, 0.2) is 75.0 Å². The normalized spacial score (nSPS) is 11.5. The molecule has 0 atom stereocenters. The van der Waals surface area contributed by atoms with E-state index in [1.165, 1.54) is 17.0 Å². The van der Waals surface area contributed by atoms with Gasteiger partial charge in [0.05, 0.1) is 23.2 Å². The van der Waals surface area contributed by atoms with Gasteiger partial charge in [-0.2, -0.15) is 10.2 Å². The number of halogens is 1. The quantitative estimate of drug-likeness (QED) is 0.390. The largest absolute Gasteiger partial charge is 0.455 e. The van der Waals surface area contributed by atoms with E-state index in [0.717, 1.165) is 0 Å². The van der Waals surface area contributed by atoms with E-state index in [2.05, 4.69) is 15.6 Å². The van der Waals surface area contributed by atoms with Gasteiger partial charge < -0.3 is 4.42 Å². The molecule has 0 unspecified atom stereocenters. The number of nitrogens with one attached hydrogen (secondary N) is 1. The Hall–Kier alpha value is -4.07. The van der Waals surface area contributed by atoms with E-state index in [1.54, 1.807) is 54.6 Å². The first-order valence-corrected chi connectivity index (χ1v) is 9.65. The van der Waals surface area contributed by atoms with E-state index in [9.17, 15) is 14.0 Å². The smallest absolute Gasteiger partial charge is 0.292 e. The molecule has 2 aromatic carbocycles. The minimum atomic E-state index is -0.567. The number of fused-ring (bicyclic) bond motifs is 1. The molecule has 31 heavy (non-hydrogen) atoms. The third kappa shape index (κ3) is 4.00. The number of hydrazone groups is 1. The van der Waals surface area contributed by atoms with Crippen molar-refractivity contribution in [2.75, 3.05) is 0 Å². The lowest BCUT2D eigenvalue weighted by atomic mass is 10.1. The number of rotatable bonds is 5. The predicted molar refractivity (Wildman–Crippen MR) is 116 cm³/mol. The molecule has 0 aliphatic heterocycles. The average molecular weight is 418 g/mol. The molecule has 0 spiro atoms. The van der Waals surface area contributed by atoms with E-state index in [-0.39, 0.29) is 17.3 Å². The van der Waals surface area contributed by atoms with Gasteiger partial charge in [-0.3, -0.25) is 9.59 Å². The van der Waals surface area contributed by atoms with Crippen molar-refractivity contribution < 1.29 is 13.6 Å². The van der Waals surface area contributed by atoms with Crippen LogP contribution < -0.4 is 11.0 Å². The number of hydrogen-bond donors (Lipinski definition) is 1. The number of furan rings is 1. The fourth-order valence-corrected chi connectivity index (χ4v) is 3.16. The van der Waals surface area contributed by atoms with E-state index >= 15 is 0 Å². The topological polar surface area (TPSA) is 89.5 Å². The summed E-state index contributed by atoms with van der Waals surface area (Å²) < 4.78 is 20.7. The number of nitrogens with zero attached hydrogens (tertiary/aromatic N) is 3. The zero-order chi connectivity index (χ0) is 22.0. The standard InChI is InChI=1S/C23H19FN4O3/c1-14(2)28-23(30)17-8-4-3-7-16(17)21(27-28)22(29)26-25-13-15-11-12-20(31-15)18-9-5-6-10-19(18)24/h3-14H,1-2H3,(H,26,29)/b25-13-. The Labute approximate surface area is 176 Å². The van der Waals surface area contributed by atoms with E-state index in [1.807, 2.05) is 13.8 Å². The summed E-state index contributed by atoms with van der Waals surface area (Å²) in [6.45, 7) is 3.63. The Balaban J connectivity index is 1.58. The lowest BCUT2D eigenvalue weighted by Crippen LogP contribution is -2.30. The number of benzene rings is 2. The van der Waals surface area contributed by atoms with Crippen LogP contribution in [0, 0.1) is 5.82 Å². The van der Waals surface area contributed by atoms with Crippen molar-refractivity contribution in [3.05, 3.63) is 88.3 Å². The maximum absolute atomic E-state index is 13.9. The van der Waals surface area contributed by atoms with Crippen molar-refractivity contribution >= 4 is 22.9 Å². The van der Waals surface area contributed by atoms with Gasteiger partial charge in [0.1, 0.15) is 17.3 Å². The highest BCUT2D eigenvalue weighted by molar-refractivity contribution is 6.04. The molecule has 0 fully saturated rings. The highest BCUT2D eigenvalue weighted by Gasteiger charge is 2.17. The summed E-state index contributed by atoms with van der Waals surface area (Å²) in [5.41, 5.74) is 2.56. The highest BCUT2D eigenvalue weighted by atomic mass is 19.1. The lowest BCUT2D eigenvalue weighted by molar-refractivity contribution is 0.0949. The average Bonchev–Trinajstić information content (AvgIpc) is 3.23. The van der Waals surface area contributed by atoms with Crippen molar-refractivity contribution in [1.29, 1.82) is 0 Å². The summed E-state index contributed by atoms with van der Waals surface area (Å²) in [6.07, 6.45) is 1.31. The number of hydrogen-bond acceptors (Lipinski definition) is 5. The molecule has 1 N–H and O–H groups in total. The van der Waals surface area contributed by atoms with Gasteiger partial charge in [0.25, 0.3) is 11.5 Å². The molecular weight excluding hydrogens is 399 g/mol. The van der Waals surface area contributed by atoms with Gasteiger partial charge in [-0.15, -0.1) is 0 Å². The van der Waals surface area contributed by atoms with Crippen LogP contribution in [0.25, 0.3) is 22.1 Å². The maximum atomic E-state index is 13.9. The van der Waals surface area contributed by atoms with Crippen LogP contribution in [0.4, 0.5) is 4.39 Å². The Morgan fingerprint density at radius 2 is 1.81 bits per heavy atom. The summed E-state index contributed by atoms with van der Waals surface area (Å²) in [7, 11) is 0. The van der Waals surface area contributed by atoms with E-state index < -0.39 is 11.7 Å². The number of carbonyl (C=O) groups excluding carboxylic acids is 1. The molecule has 0 saturated carbocycles. The van der Waals surface area contributed by atoms with Crippen LogP contribution in [0.5, 0.6) is 0 Å². The van der Waals surface area contributed by atoms with Gasteiger partial charge in [-0.1, -0.05) is 30.3 Å². The third-order valence-corrected chi connectivity index (χ3v) is 4.66. The molecule has 0 bridgehead atoms. The zero-order valence-corrected chi connectivity index (χ0v) is 16.9. The number of amides is 1. The molecule has 0 aliphatic carbocycles. The number of carbonyl (C=O) groups is 1. The lowest BCUT2D eigenvalue weighted by Gasteiger charge is -2.12. The van der Waals surface area contributed by atoms with Gasteiger partial charge in [0.15, 0.2) is 5.69 Å². The van der Waals surface area contributed by atoms with Crippen molar-refractivity contribution in [2.24, 2.45) is 5.10 Å². The minimum absolute atomic E-state index is 0.0903. The highest BCUT2D eigenvalue weighted by Crippen LogP contribution is 2.24. The molecule has 7 nitrogen and oxygen atoms in total. The van der Waals surface area contributed by atoms with Crippen LogP contribution in [0.1, 0.15) is 36.1 Å². The second-order valence-corrected chi connectivity index (χ2v) is 7.12. The fourth-order valence-electron chi connectivity index (χ4n) is 3.16. The molecule has 0 saturated heterocycles. The SMILES string of the molecule is CC(C)n1nc(C(=O)N/N=C\c2ccc(-c3ccccc3F)o2)c2ccccc2c1=O. The van der Waals surface area contributed by atoms with Crippen molar-refractivity contribution in [1.82, 2.24) is 15.2 Å².